The summed E-state index contributed by atoms with van der Waals surface area (Å²) < 4.78 is 1.70. The van der Waals surface area contributed by atoms with Gasteiger partial charge in [-0.25, -0.2) is 4.68 Å². The van der Waals surface area contributed by atoms with Crippen LogP contribution < -0.4 is 5.73 Å². The van der Waals surface area contributed by atoms with E-state index < -0.39 is 0 Å². The van der Waals surface area contributed by atoms with Gasteiger partial charge < -0.3 is 5.73 Å². The lowest BCUT2D eigenvalue weighted by atomic mass is 10.3. The lowest BCUT2D eigenvalue weighted by Crippen LogP contribution is -2.06. The van der Waals surface area contributed by atoms with E-state index in [2.05, 4.69) is 30.9 Å². The van der Waals surface area contributed by atoms with Crippen LogP contribution in [0.15, 0.2) is 6.20 Å². The van der Waals surface area contributed by atoms with Crippen molar-refractivity contribution in [2.75, 3.05) is 6.54 Å². The van der Waals surface area contributed by atoms with Gasteiger partial charge >= 0.3 is 0 Å². The molecule has 2 aromatic heterocycles. The fraction of sp³-hybridized carbons (Fsp3) is 0.571. The van der Waals surface area contributed by atoms with E-state index in [9.17, 15) is 0 Å². The Labute approximate surface area is 85.9 Å². The summed E-state index contributed by atoms with van der Waals surface area (Å²) in [6, 6.07) is 0. The Hall–Kier alpha value is -1.83. The molecule has 8 heteroatoms. The minimum atomic E-state index is 0.626. The first-order valence-electron chi connectivity index (χ1n) is 4.74. The molecule has 0 aromatic carbocycles. The Kier molecular flexibility index (Phi) is 2.98. The fourth-order valence-corrected chi connectivity index (χ4v) is 1.25. The Morgan fingerprint density at radius 2 is 2.33 bits per heavy atom. The van der Waals surface area contributed by atoms with E-state index in [0.29, 0.717) is 18.1 Å². The number of unbranched alkanes of at least 4 members (excludes halogenated alkanes) is 1. The molecule has 0 aliphatic rings. The molecule has 0 amide bonds. The number of rotatable bonds is 5. The summed E-state index contributed by atoms with van der Waals surface area (Å²) in [6.07, 6.45) is 3.50. The smallest absolute Gasteiger partial charge is 0.204 e. The van der Waals surface area contributed by atoms with Crippen LogP contribution in [0.5, 0.6) is 0 Å². The third kappa shape index (κ3) is 2.15. The molecule has 0 aliphatic carbocycles. The molecule has 0 aliphatic heterocycles. The van der Waals surface area contributed by atoms with Crippen LogP contribution in [0.2, 0.25) is 0 Å². The number of nitrogens with two attached hydrogens (primary N) is 1. The Morgan fingerprint density at radius 3 is 3.07 bits per heavy atom. The van der Waals surface area contributed by atoms with Gasteiger partial charge in [0.15, 0.2) is 5.69 Å². The predicted molar refractivity (Wildman–Crippen MR) is 51.5 cm³/mol. The standard InChI is InChI=1S/C7H12N8/c8-3-1-2-4-15-7(11-13-14-15)6-5-9-12-10-6/h5H,1-4,8H2,(H,9,10,12). The molecule has 0 saturated carbocycles. The summed E-state index contributed by atoms with van der Waals surface area (Å²) in [4.78, 5) is 0. The summed E-state index contributed by atoms with van der Waals surface area (Å²) in [5.74, 6) is 0.626. The van der Waals surface area contributed by atoms with E-state index in [1.54, 1.807) is 10.9 Å². The Balaban J connectivity index is 2.09. The number of aryl methyl sites for hydroxylation is 1. The van der Waals surface area contributed by atoms with Gasteiger partial charge in [0.25, 0.3) is 0 Å². The molecule has 0 fully saturated rings. The number of hydrogen-bond donors (Lipinski definition) is 2. The van der Waals surface area contributed by atoms with Gasteiger partial charge in [-0.1, -0.05) is 0 Å². The maximum atomic E-state index is 5.41. The van der Waals surface area contributed by atoms with Gasteiger partial charge in [0, 0.05) is 6.54 Å². The first-order valence-corrected chi connectivity index (χ1v) is 4.74. The molecule has 0 unspecified atom stereocenters. The second-order valence-corrected chi connectivity index (χ2v) is 3.08. The van der Waals surface area contributed by atoms with Gasteiger partial charge in [0.2, 0.25) is 5.82 Å². The first-order chi connectivity index (χ1) is 7.42. The van der Waals surface area contributed by atoms with Crippen molar-refractivity contribution in [2.45, 2.75) is 19.4 Å². The first kappa shape index (κ1) is 9.71. The molecular weight excluding hydrogens is 196 g/mol. The number of aromatic amines is 1. The van der Waals surface area contributed by atoms with E-state index in [1.807, 2.05) is 0 Å². The molecule has 0 saturated heterocycles. The van der Waals surface area contributed by atoms with E-state index >= 15 is 0 Å². The lowest BCUT2D eigenvalue weighted by molar-refractivity contribution is 0.548. The molecule has 0 radical (unpaired) electrons. The SMILES string of the molecule is NCCCCn1nnnc1-c1cn[nH]n1. The van der Waals surface area contributed by atoms with Gasteiger partial charge in [-0.05, 0) is 29.8 Å². The van der Waals surface area contributed by atoms with Gasteiger partial charge in [0.05, 0.1) is 6.20 Å². The number of hydrogen-bond acceptors (Lipinski definition) is 6. The molecule has 15 heavy (non-hydrogen) atoms. The fourth-order valence-electron chi connectivity index (χ4n) is 1.25. The van der Waals surface area contributed by atoms with Crippen LogP contribution in [0.25, 0.3) is 11.5 Å². The molecule has 80 valence electrons. The molecular formula is C7H12N8. The third-order valence-corrected chi connectivity index (χ3v) is 2.00. The average Bonchev–Trinajstić information content (AvgIpc) is 2.87. The topological polar surface area (TPSA) is 111 Å². The summed E-state index contributed by atoms with van der Waals surface area (Å²) in [7, 11) is 0. The Morgan fingerprint density at radius 1 is 1.40 bits per heavy atom. The van der Waals surface area contributed by atoms with Gasteiger partial charge in [0.1, 0.15) is 0 Å². The summed E-state index contributed by atoms with van der Waals surface area (Å²) in [6.45, 7) is 1.42. The maximum Gasteiger partial charge on any atom is 0.204 e. The van der Waals surface area contributed by atoms with Crippen LogP contribution in [0, 0.1) is 0 Å². The van der Waals surface area contributed by atoms with Crippen molar-refractivity contribution in [3.05, 3.63) is 6.20 Å². The molecule has 2 heterocycles. The zero-order valence-electron chi connectivity index (χ0n) is 8.17. The van der Waals surface area contributed by atoms with Crippen molar-refractivity contribution in [3.63, 3.8) is 0 Å². The molecule has 2 rings (SSSR count). The van der Waals surface area contributed by atoms with Crippen LogP contribution in [-0.4, -0.2) is 42.2 Å². The van der Waals surface area contributed by atoms with Crippen molar-refractivity contribution in [1.29, 1.82) is 0 Å². The van der Waals surface area contributed by atoms with Gasteiger partial charge in [-0.2, -0.15) is 15.4 Å². The lowest BCUT2D eigenvalue weighted by Gasteiger charge is -2.00. The van der Waals surface area contributed by atoms with Crippen LogP contribution in [0.1, 0.15) is 12.8 Å². The number of nitrogens with zero attached hydrogens (tertiary/aromatic N) is 6. The van der Waals surface area contributed by atoms with Gasteiger partial charge in [-0.15, -0.1) is 5.10 Å². The van der Waals surface area contributed by atoms with Crippen molar-refractivity contribution in [1.82, 2.24) is 35.6 Å². The monoisotopic (exact) mass is 208 g/mol. The zero-order valence-corrected chi connectivity index (χ0v) is 8.17. The second kappa shape index (κ2) is 4.60. The average molecular weight is 208 g/mol. The van der Waals surface area contributed by atoms with Gasteiger partial charge in [-0.3, -0.25) is 0 Å². The zero-order chi connectivity index (χ0) is 10.5. The van der Waals surface area contributed by atoms with Crippen LogP contribution in [0.3, 0.4) is 0 Å². The largest absolute Gasteiger partial charge is 0.330 e. The summed E-state index contributed by atoms with van der Waals surface area (Å²) in [5.41, 5.74) is 6.06. The molecule has 0 bridgehead atoms. The molecule has 3 N–H and O–H groups in total. The molecule has 0 atom stereocenters. The maximum absolute atomic E-state index is 5.41. The highest BCUT2D eigenvalue weighted by Gasteiger charge is 2.10. The van der Waals surface area contributed by atoms with E-state index in [0.717, 1.165) is 19.4 Å². The number of nitrogens with one attached hydrogen (secondary N) is 1. The van der Waals surface area contributed by atoms with E-state index in [1.165, 1.54) is 0 Å². The van der Waals surface area contributed by atoms with Crippen molar-refractivity contribution in [2.24, 2.45) is 5.73 Å². The molecule has 8 nitrogen and oxygen atoms in total. The quantitative estimate of drug-likeness (QED) is 0.622. The normalized spacial score (nSPS) is 10.7. The van der Waals surface area contributed by atoms with Crippen LogP contribution >= 0.6 is 0 Å². The summed E-state index contributed by atoms with van der Waals surface area (Å²) >= 11 is 0. The minimum absolute atomic E-state index is 0.626. The molecule has 0 spiro atoms. The van der Waals surface area contributed by atoms with Crippen LogP contribution in [-0.2, 0) is 6.54 Å². The van der Waals surface area contributed by atoms with Crippen LogP contribution in [0.4, 0.5) is 0 Å². The second-order valence-electron chi connectivity index (χ2n) is 3.08. The van der Waals surface area contributed by atoms with Crippen molar-refractivity contribution >= 4 is 0 Å². The number of tetrazole rings is 1. The van der Waals surface area contributed by atoms with E-state index in [4.69, 9.17) is 5.73 Å². The summed E-state index contributed by atoms with van der Waals surface area (Å²) in [5, 5.41) is 21.5. The predicted octanol–water partition coefficient (Wildman–Crippen LogP) is -0.803. The van der Waals surface area contributed by atoms with E-state index in [-0.39, 0.29) is 0 Å². The highest BCUT2D eigenvalue weighted by molar-refractivity contribution is 5.45. The van der Waals surface area contributed by atoms with Crippen molar-refractivity contribution < 1.29 is 0 Å². The molecule has 2 aromatic rings. The number of H-pyrrole nitrogens is 1. The highest BCUT2D eigenvalue weighted by atomic mass is 15.5. The minimum Gasteiger partial charge on any atom is -0.330 e. The Bertz CT molecular complexity index is 391. The highest BCUT2D eigenvalue weighted by Crippen LogP contribution is 2.10. The van der Waals surface area contributed by atoms with Crippen molar-refractivity contribution in [3.8, 4) is 11.5 Å². The third-order valence-electron chi connectivity index (χ3n) is 2.00. The number of aromatic nitrogens is 7.